The lowest BCUT2D eigenvalue weighted by molar-refractivity contribution is -0.141. The zero-order chi connectivity index (χ0) is 14.9. The second-order valence-electron chi connectivity index (χ2n) is 5.45. The minimum absolute atomic E-state index is 0.0670. The first kappa shape index (κ1) is 14.3. The maximum atomic E-state index is 12.1. The molecule has 1 aromatic rings. The maximum absolute atomic E-state index is 12.1. The SMILES string of the molecule is C=C(C(=O)OCC)C12CC(c3ccccc3)OC1CCO2. The van der Waals surface area contributed by atoms with E-state index < -0.39 is 5.60 Å². The molecule has 4 nitrogen and oxygen atoms in total. The molecule has 1 aromatic carbocycles. The van der Waals surface area contributed by atoms with Crippen molar-refractivity contribution < 1.29 is 19.0 Å². The lowest BCUT2D eigenvalue weighted by Gasteiger charge is -2.27. The largest absolute Gasteiger partial charge is 0.463 e. The topological polar surface area (TPSA) is 44.8 Å². The van der Waals surface area contributed by atoms with Crippen LogP contribution in [0.1, 0.15) is 31.4 Å². The smallest absolute Gasteiger partial charge is 0.336 e. The van der Waals surface area contributed by atoms with Gasteiger partial charge in [0.25, 0.3) is 0 Å². The van der Waals surface area contributed by atoms with Gasteiger partial charge in [0.05, 0.1) is 31.0 Å². The van der Waals surface area contributed by atoms with E-state index in [9.17, 15) is 4.79 Å². The molecular formula is C17H20O4. The van der Waals surface area contributed by atoms with Crippen LogP contribution in [0.3, 0.4) is 0 Å². The van der Waals surface area contributed by atoms with Crippen molar-refractivity contribution in [3.05, 3.63) is 48.0 Å². The van der Waals surface area contributed by atoms with Crippen LogP contribution in [0, 0.1) is 0 Å². The number of fused-ring (bicyclic) bond motifs is 1. The molecule has 3 rings (SSSR count). The lowest BCUT2D eigenvalue weighted by Crippen LogP contribution is -2.40. The van der Waals surface area contributed by atoms with Crippen LogP contribution in [0.25, 0.3) is 0 Å². The number of ether oxygens (including phenoxy) is 3. The first-order chi connectivity index (χ1) is 10.2. The van der Waals surface area contributed by atoms with Gasteiger partial charge in [-0.3, -0.25) is 0 Å². The zero-order valence-corrected chi connectivity index (χ0v) is 12.2. The first-order valence-electron chi connectivity index (χ1n) is 7.38. The molecule has 0 aliphatic carbocycles. The minimum Gasteiger partial charge on any atom is -0.463 e. The van der Waals surface area contributed by atoms with Crippen LogP contribution in [0.15, 0.2) is 42.5 Å². The number of rotatable bonds is 4. The highest BCUT2D eigenvalue weighted by Crippen LogP contribution is 2.50. The Kier molecular flexibility index (Phi) is 3.83. The number of hydrogen-bond acceptors (Lipinski definition) is 4. The second kappa shape index (κ2) is 5.62. The molecule has 0 N–H and O–H groups in total. The number of carbonyl (C=O) groups excluding carboxylic acids is 1. The highest BCUT2D eigenvalue weighted by atomic mass is 16.6. The third-order valence-electron chi connectivity index (χ3n) is 4.28. The monoisotopic (exact) mass is 288 g/mol. The quantitative estimate of drug-likeness (QED) is 0.631. The summed E-state index contributed by atoms with van der Waals surface area (Å²) >= 11 is 0. The van der Waals surface area contributed by atoms with Gasteiger partial charge in [-0.2, -0.15) is 0 Å². The molecule has 0 radical (unpaired) electrons. The molecule has 0 amide bonds. The van der Waals surface area contributed by atoms with Gasteiger partial charge in [-0.25, -0.2) is 4.79 Å². The van der Waals surface area contributed by atoms with Crippen LogP contribution in [0.4, 0.5) is 0 Å². The molecule has 21 heavy (non-hydrogen) atoms. The summed E-state index contributed by atoms with van der Waals surface area (Å²) in [6.07, 6.45) is 1.20. The van der Waals surface area contributed by atoms with Crippen LogP contribution in [0.5, 0.6) is 0 Å². The average molecular weight is 288 g/mol. The van der Waals surface area contributed by atoms with Gasteiger partial charge in [-0.15, -0.1) is 0 Å². The summed E-state index contributed by atoms with van der Waals surface area (Å²) in [4.78, 5) is 12.1. The molecule has 3 unspecified atom stereocenters. The molecule has 2 aliphatic rings. The van der Waals surface area contributed by atoms with Crippen molar-refractivity contribution in [2.45, 2.75) is 37.6 Å². The molecule has 3 atom stereocenters. The number of carbonyl (C=O) groups is 1. The van der Waals surface area contributed by atoms with Gasteiger partial charge in [0.2, 0.25) is 0 Å². The van der Waals surface area contributed by atoms with E-state index in [0.29, 0.717) is 25.2 Å². The fraction of sp³-hybridized carbons (Fsp3) is 0.471. The van der Waals surface area contributed by atoms with Crippen molar-refractivity contribution in [3.63, 3.8) is 0 Å². The number of benzene rings is 1. The number of hydrogen-bond donors (Lipinski definition) is 0. The highest BCUT2D eigenvalue weighted by molar-refractivity contribution is 5.90. The molecule has 0 bridgehead atoms. The van der Waals surface area contributed by atoms with Gasteiger partial charge in [0.1, 0.15) is 5.60 Å². The van der Waals surface area contributed by atoms with Gasteiger partial charge in [-0.05, 0) is 12.5 Å². The van der Waals surface area contributed by atoms with Crippen LogP contribution in [-0.2, 0) is 19.0 Å². The van der Waals surface area contributed by atoms with Crippen LogP contribution >= 0.6 is 0 Å². The Morgan fingerprint density at radius 3 is 2.90 bits per heavy atom. The van der Waals surface area contributed by atoms with Gasteiger partial charge < -0.3 is 14.2 Å². The zero-order valence-electron chi connectivity index (χ0n) is 12.2. The van der Waals surface area contributed by atoms with Crippen LogP contribution in [-0.4, -0.2) is 30.9 Å². The Bertz CT molecular complexity index is 539. The van der Waals surface area contributed by atoms with Crippen molar-refractivity contribution in [3.8, 4) is 0 Å². The Labute approximate surface area is 124 Å². The van der Waals surface area contributed by atoms with Crippen molar-refractivity contribution >= 4 is 5.97 Å². The standard InChI is InChI=1S/C17H20O4/c1-3-19-16(18)12(2)17-11-14(13-7-5-4-6-8-13)21-15(17)9-10-20-17/h4-8,14-15H,2-3,9-11H2,1H3. The Morgan fingerprint density at radius 1 is 1.43 bits per heavy atom. The summed E-state index contributed by atoms with van der Waals surface area (Å²) in [7, 11) is 0. The van der Waals surface area contributed by atoms with Crippen molar-refractivity contribution in [2.24, 2.45) is 0 Å². The summed E-state index contributed by atoms with van der Waals surface area (Å²) in [5.74, 6) is -0.387. The predicted octanol–water partition coefficient (Wildman–Crippen LogP) is 2.80. The van der Waals surface area contributed by atoms with Crippen LogP contribution in [0.2, 0.25) is 0 Å². The molecule has 0 saturated carbocycles. The van der Waals surface area contributed by atoms with E-state index in [2.05, 4.69) is 6.58 Å². The first-order valence-corrected chi connectivity index (χ1v) is 7.38. The Hall–Kier alpha value is -1.65. The van der Waals surface area contributed by atoms with Crippen molar-refractivity contribution in [1.82, 2.24) is 0 Å². The summed E-state index contributed by atoms with van der Waals surface area (Å²) in [5, 5.41) is 0. The van der Waals surface area contributed by atoms with Gasteiger partial charge >= 0.3 is 5.97 Å². The third-order valence-corrected chi connectivity index (χ3v) is 4.28. The van der Waals surface area contributed by atoms with E-state index in [-0.39, 0.29) is 18.2 Å². The third kappa shape index (κ3) is 2.39. The van der Waals surface area contributed by atoms with E-state index >= 15 is 0 Å². The molecule has 2 fully saturated rings. The molecule has 2 aliphatic heterocycles. The maximum Gasteiger partial charge on any atom is 0.336 e. The molecule has 0 spiro atoms. The van der Waals surface area contributed by atoms with Crippen molar-refractivity contribution in [1.29, 1.82) is 0 Å². The lowest BCUT2D eigenvalue weighted by atomic mass is 9.85. The summed E-state index contributed by atoms with van der Waals surface area (Å²) in [6.45, 7) is 6.65. The van der Waals surface area contributed by atoms with E-state index in [0.717, 1.165) is 12.0 Å². The predicted molar refractivity (Wildman–Crippen MR) is 77.7 cm³/mol. The van der Waals surface area contributed by atoms with Gasteiger partial charge in [0.15, 0.2) is 0 Å². The molecule has 4 heteroatoms. The van der Waals surface area contributed by atoms with E-state index in [1.807, 2.05) is 30.3 Å². The van der Waals surface area contributed by atoms with Gasteiger partial charge in [-0.1, -0.05) is 36.9 Å². The summed E-state index contributed by atoms with van der Waals surface area (Å²) in [6, 6.07) is 10.0. The van der Waals surface area contributed by atoms with E-state index in [4.69, 9.17) is 14.2 Å². The Balaban J connectivity index is 1.84. The molecule has 2 saturated heterocycles. The summed E-state index contributed by atoms with van der Waals surface area (Å²) < 4.78 is 17.1. The molecule has 2 heterocycles. The number of esters is 1. The van der Waals surface area contributed by atoms with E-state index in [1.165, 1.54) is 0 Å². The fourth-order valence-electron chi connectivity index (χ4n) is 3.22. The molecular weight excluding hydrogens is 268 g/mol. The van der Waals surface area contributed by atoms with Crippen LogP contribution < -0.4 is 0 Å². The Morgan fingerprint density at radius 2 is 2.19 bits per heavy atom. The minimum atomic E-state index is -0.729. The van der Waals surface area contributed by atoms with E-state index in [1.54, 1.807) is 6.92 Å². The molecule has 112 valence electrons. The second-order valence-corrected chi connectivity index (χ2v) is 5.45. The van der Waals surface area contributed by atoms with Crippen molar-refractivity contribution in [2.75, 3.05) is 13.2 Å². The average Bonchev–Trinajstić information content (AvgIpc) is 3.05. The van der Waals surface area contributed by atoms with Gasteiger partial charge in [0, 0.05) is 12.8 Å². The highest BCUT2D eigenvalue weighted by Gasteiger charge is 2.56. The normalized spacial score (nSPS) is 30.9. The fourth-order valence-corrected chi connectivity index (χ4v) is 3.22. The summed E-state index contributed by atoms with van der Waals surface area (Å²) in [5.41, 5.74) is 0.754. The molecule has 0 aromatic heterocycles.